The molecular weight excluding hydrogens is 212 g/mol. The molecule has 0 radical (unpaired) electrons. The van der Waals surface area contributed by atoms with Crippen LogP contribution in [0, 0.1) is 0 Å². The van der Waals surface area contributed by atoms with Gasteiger partial charge in [-0.1, -0.05) is 12.1 Å². The molecule has 1 aromatic carbocycles. The third-order valence-electron chi connectivity index (χ3n) is 2.03. The van der Waals surface area contributed by atoms with Gasteiger partial charge in [-0.3, -0.25) is 15.0 Å². The molecule has 0 aliphatic carbocycles. The third kappa shape index (κ3) is 3.22. The summed E-state index contributed by atoms with van der Waals surface area (Å²) in [5.41, 5.74) is -0.0230. The Bertz CT molecular complexity index is 355. The monoisotopic (exact) mass is 226 g/mol. The van der Waals surface area contributed by atoms with Crippen LogP contribution in [0.2, 0.25) is 0 Å². The lowest BCUT2D eigenvalue weighted by atomic mass is 9.98. The zero-order valence-electron chi connectivity index (χ0n) is 9.39. The molecule has 0 fully saturated rings. The van der Waals surface area contributed by atoms with Gasteiger partial charge in [-0.15, -0.1) is 0 Å². The highest BCUT2D eigenvalue weighted by Crippen LogP contribution is 2.25. The van der Waals surface area contributed by atoms with E-state index < -0.39 is 11.6 Å². The van der Waals surface area contributed by atoms with Gasteiger partial charge in [0.25, 0.3) is 0 Å². The predicted octanol–water partition coefficient (Wildman–Crippen LogP) is 2.27. The zero-order chi connectivity index (χ0) is 12.2. The molecule has 0 atom stereocenters. The molecule has 0 unspecified atom stereocenters. The maximum absolute atomic E-state index is 10.5. The molecule has 0 saturated carbocycles. The van der Waals surface area contributed by atoms with Crippen LogP contribution in [-0.4, -0.2) is 11.2 Å². The van der Waals surface area contributed by atoms with Crippen molar-refractivity contribution < 1.29 is 24.7 Å². The Labute approximate surface area is 93.4 Å². The van der Waals surface area contributed by atoms with Gasteiger partial charge in [0.2, 0.25) is 0 Å². The molecule has 0 saturated heterocycles. The molecule has 1 aromatic rings. The fourth-order valence-corrected chi connectivity index (χ4v) is 1.07. The van der Waals surface area contributed by atoms with Gasteiger partial charge >= 0.3 is 5.97 Å². The van der Waals surface area contributed by atoms with Crippen molar-refractivity contribution in [1.29, 1.82) is 0 Å². The number of hydrogen-bond acceptors (Lipinski definition) is 5. The summed E-state index contributed by atoms with van der Waals surface area (Å²) in [5.74, 6) is -0.129. The maximum atomic E-state index is 10.5. The first-order valence-electron chi connectivity index (χ1n) is 4.74. The smallest absolute Gasteiger partial charge is 0.287 e. The Morgan fingerprint density at radius 3 is 2.25 bits per heavy atom. The normalized spacial score (nSPS) is 11.0. The van der Waals surface area contributed by atoms with Crippen molar-refractivity contribution in [3.8, 4) is 5.75 Å². The van der Waals surface area contributed by atoms with Gasteiger partial charge in [0.05, 0.1) is 0 Å². The highest BCUT2D eigenvalue weighted by atomic mass is 17.2. The predicted molar refractivity (Wildman–Crippen MR) is 55.6 cm³/mol. The second-order valence-electron chi connectivity index (χ2n) is 3.78. The number of carbonyl (C=O) groups is 1. The first-order valence-corrected chi connectivity index (χ1v) is 4.74. The first-order chi connectivity index (χ1) is 7.45. The molecule has 0 aliphatic heterocycles. The van der Waals surface area contributed by atoms with E-state index in [4.69, 9.17) is 10.1 Å². The summed E-state index contributed by atoms with van der Waals surface area (Å²) < 4.78 is 0. The van der Waals surface area contributed by atoms with E-state index in [1.165, 1.54) is 6.92 Å². The van der Waals surface area contributed by atoms with E-state index in [2.05, 4.69) is 9.78 Å². The molecule has 1 N–H and O–H groups in total. The van der Waals surface area contributed by atoms with Gasteiger partial charge in [0, 0.05) is 6.92 Å². The van der Waals surface area contributed by atoms with Crippen LogP contribution in [0.3, 0.4) is 0 Å². The molecule has 1 rings (SSSR count). The van der Waals surface area contributed by atoms with Crippen LogP contribution in [-0.2, 0) is 20.2 Å². The van der Waals surface area contributed by atoms with E-state index in [0.717, 1.165) is 5.56 Å². The Kier molecular flexibility index (Phi) is 3.87. The highest BCUT2D eigenvalue weighted by Gasteiger charge is 2.21. The quantitative estimate of drug-likeness (QED) is 0.630. The van der Waals surface area contributed by atoms with Crippen LogP contribution in [0.25, 0.3) is 0 Å². The van der Waals surface area contributed by atoms with Crippen molar-refractivity contribution in [2.24, 2.45) is 0 Å². The van der Waals surface area contributed by atoms with Crippen LogP contribution in [0.4, 0.5) is 0 Å². The van der Waals surface area contributed by atoms with Crippen LogP contribution in [0.5, 0.6) is 5.75 Å². The molecule has 5 nitrogen and oxygen atoms in total. The van der Waals surface area contributed by atoms with Crippen molar-refractivity contribution in [3.05, 3.63) is 29.8 Å². The molecule has 0 aromatic heterocycles. The third-order valence-corrected chi connectivity index (χ3v) is 2.03. The molecule has 0 aliphatic rings. The van der Waals surface area contributed by atoms with E-state index in [9.17, 15) is 4.79 Å². The van der Waals surface area contributed by atoms with Crippen molar-refractivity contribution in [3.63, 3.8) is 0 Å². The minimum atomic E-state index is -0.792. The summed E-state index contributed by atoms with van der Waals surface area (Å²) >= 11 is 0. The zero-order valence-corrected chi connectivity index (χ0v) is 9.39. The lowest BCUT2D eigenvalue weighted by Gasteiger charge is -2.20. The minimum absolute atomic E-state index is 0.396. The van der Waals surface area contributed by atoms with Gasteiger partial charge in [-0.25, -0.2) is 9.68 Å². The van der Waals surface area contributed by atoms with Gasteiger partial charge in [-0.2, -0.15) is 0 Å². The molecule has 0 spiro atoms. The highest BCUT2D eigenvalue weighted by molar-refractivity contribution is 5.65. The number of rotatable bonds is 4. The van der Waals surface area contributed by atoms with Crippen LogP contribution in [0.15, 0.2) is 24.3 Å². The lowest BCUT2D eigenvalue weighted by molar-refractivity contribution is -0.318. The van der Waals surface area contributed by atoms with Crippen molar-refractivity contribution in [2.45, 2.75) is 26.4 Å². The van der Waals surface area contributed by atoms with E-state index in [1.54, 1.807) is 38.1 Å². The fraction of sp³-hybridized carbons (Fsp3) is 0.364. The number of hydrogen-bond donors (Lipinski definition) is 1. The summed E-state index contributed by atoms with van der Waals surface area (Å²) in [6, 6.07) is 6.63. The Balaban J connectivity index is 2.71. The van der Waals surface area contributed by atoms with Gasteiger partial charge in [-0.05, 0) is 31.5 Å². The Morgan fingerprint density at radius 2 is 1.81 bits per heavy atom. The van der Waals surface area contributed by atoms with Crippen LogP contribution >= 0.6 is 0 Å². The number of benzene rings is 1. The summed E-state index contributed by atoms with van der Waals surface area (Å²) in [7, 11) is 0. The molecule has 0 heterocycles. The molecule has 88 valence electrons. The van der Waals surface area contributed by atoms with E-state index in [0.29, 0.717) is 5.75 Å². The first kappa shape index (κ1) is 12.5. The van der Waals surface area contributed by atoms with Crippen LogP contribution < -0.4 is 4.89 Å². The van der Waals surface area contributed by atoms with Crippen LogP contribution in [0.1, 0.15) is 26.3 Å². The molecule has 0 amide bonds. The summed E-state index contributed by atoms with van der Waals surface area (Å²) in [4.78, 5) is 23.9. The van der Waals surface area contributed by atoms with Crippen molar-refractivity contribution >= 4 is 5.97 Å². The summed E-state index contributed by atoms with van der Waals surface area (Å²) in [6.07, 6.45) is 0. The van der Waals surface area contributed by atoms with E-state index in [-0.39, 0.29) is 0 Å². The van der Waals surface area contributed by atoms with E-state index in [1.807, 2.05) is 0 Å². The number of carbonyl (C=O) groups excluding carboxylic acids is 1. The molecular formula is C11H14O5. The van der Waals surface area contributed by atoms with Crippen molar-refractivity contribution in [1.82, 2.24) is 0 Å². The maximum Gasteiger partial charge on any atom is 0.352 e. The molecule has 0 bridgehead atoms. The Morgan fingerprint density at radius 1 is 1.25 bits per heavy atom. The second-order valence-corrected chi connectivity index (χ2v) is 3.78. The average Bonchev–Trinajstić information content (AvgIpc) is 2.27. The van der Waals surface area contributed by atoms with Gasteiger partial charge in [0.1, 0.15) is 5.60 Å². The fourth-order valence-electron chi connectivity index (χ4n) is 1.07. The van der Waals surface area contributed by atoms with Crippen molar-refractivity contribution in [2.75, 3.05) is 0 Å². The SMILES string of the molecule is CC(=O)OOc1ccc(C(C)(C)OO)cc1. The Hall–Kier alpha value is -1.59. The topological polar surface area (TPSA) is 65.0 Å². The lowest BCUT2D eigenvalue weighted by Crippen LogP contribution is -2.19. The largest absolute Gasteiger partial charge is 0.352 e. The molecule has 16 heavy (non-hydrogen) atoms. The summed E-state index contributed by atoms with van der Waals surface area (Å²) in [6.45, 7) is 4.68. The average molecular weight is 226 g/mol. The minimum Gasteiger partial charge on any atom is -0.287 e. The second kappa shape index (κ2) is 4.96. The standard InChI is InChI=1S/C11H14O5/c1-8(12)14-15-10-6-4-9(5-7-10)11(2,3)16-13/h4-7,13H,1-3H3. The van der Waals surface area contributed by atoms with Gasteiger partial charge in [0.15, 0.2) is 5.75 Å². The van der Waals surface area contributed by atoms with E-state index >= 15 is 0 Å². The summed E-state index contributed by atoms with van der Waals surface area (Å²) in [5, 5.41) is 8.69. The van der Waals surface area contributed by atoms with Gasteiger partial charge < -0.3 is 0 Å². The molecule has 5 heteroatoms.